The summed E-state index contributed by atoms with van der Waals surface area (Å²) >= 11 is 12.0. The van der Waals surface area contributed by atoms with E-state index in [-0.39, 0.29) is 5.70 Å². The maximum absolute atomic E-state index is 13.2. The Hall–Kier alpha value is -3.68. The van der Waals surface area contributed by atoms with Crippen LogP contribution in [0.5, 0.6) is 17.2 Å². The van der Waals surface area contributed by atoms with Crippen LogP contribution < -0.4 is 24.8 Å². The number of hydrogen-bond acceptors (Lipinski definition) is 5. The maximum Gasteiger partial charge on any atom is 0.272 e. The average Bonchev–Trinajstić information content (AvgIpc) is 2.84. The van der Waals surface area contributed by atoms with E-state index in [9.17, 15) is 9.59 Å². The van der Waals surface area contributed by atoms with E-state index in [2.05, 4.69) is 10.6 Å². The molecule has 0 fully saturated rings. The molecule has 7 nitrogen and oxygen atoms in total. The lowest BCUT2D eigenvalue weighted by Gasteiger charge is -2.14. The fourth-order valence-corrected chi connectivity index (χ4v) is 3.33. The zero-order chi connectivity index (χ0) is 24.7. The van der Waals surface area contributed by atoms with Gasteiger partial charge in [0.1, 0.15) is 11.4 Å². The lowest BCUT2D eigenvalue weighted by Crippen LogP contribution is -2.30. The van der Waals surface area contributed by atoms with Gasteiger partial charge in [-0.05, 0) is 66.2 Å². The lowest BCUT2D eigenvalue weighted by atomic mass is 10.1. The molecule has 2 N–H and O–H groups in total. The molecule has 2 amide bonds. The predicted octanol–water partition coefficient (Wildman–Crippen LogP) is 5.43. The molecule has 0 saturated heterocycles. The minimum absolute atomic E-state index is 0.0193. The van der Waals surface area contributed by atoms with Gasteiger partial charge in [-0.25, -0.2) is 0 Å². The summed E-state index contributed by atoms with van der Waals surface area (Å²) in [6, 6.07) is 16.2. The lowest BCUT2D eigenvalue weighted by molar-refractivity contribution is -0.113. The molecule has 0 aliphatic carbocycles. The first-order valence-electron chi connectivity index (χ1n) is 10.00. The highest BCUT2D eigenvalue weighted by Gasteiger charge is 2.17. The number of rotatable bonds is 8. The second-order valence-corrected chi connectivity index (χ2v) is 7.81. The van der Waals surface area contributed by atoms with E-state index in [1.54, 1.807) is 60.7 Å². The largest absolute Gasteiger partial charge is 0.495 e. The van der Waals surface area contributed by atoms with E-state index in [1.807, 2.05) is 0 Å². The highest BCUT2D eigenvalue weighted by atomic mass is 35.5. The first kappa shape index (κ1) is 25.0. The van der Waals surface area contributed by atoms with Crippen LogP contribution in [0.1, 0.15) is 15.9 Å². The third-order valence-electron chi connectivity index (χ3n) is 4.73. The van der Waals surface area contributed by atoms with Gasteiger partial charge in [-0.2, -0.15) is 0 Å². The third-order valence-corrected chi connectivity index (χ3v) is 5.21. The predicted molar refractivity (Wildman–Crippen MR) is 133 cm³/mol. The fourth-order valence-electron chi connectivity index (χ4n) is 3.03. The molecule has 34 heavy (non-hydrogen) atoms. The monoisotopic (exact) mass is 500 g/mol. The summed E-state index contributed by atoms with van der Waals surface area (Å²) in [4.78, 5) is 26.1. The van der Waals surface area contributed by atoms with E-state index < -0.39 is 11.8 Å². The Morgan fingerprint density at radius 3 is 2.03 bits per heavy atom. The molecule has 3 rings (SSSR count). The highest BCUT2D eigenvalue weighted by Crippen LogP contribution is 2.30. The number of methoxy groups -OCH3 is 3. The Balaban J connectivity index is 1.98. The highest BCUT2D eigenvalue weighted by molar-refractivity contribution is 6.31. The van der Waals surface area contributed by atoms with Crippen LogP contribution >= 0.6 is 23.2 Å². The molecule has 176 valence electrons. The smallest absolute Gasteiger partial charge is 0.272 e. The van der Waals surface area contributed by atoms with Gasteiger partial charge in [0.15, 0.2) is 11.5 Å². The van der Waals surface area contributed by atoms with Crippen LogP contribution in [0.15, 0.2) is 66.4 Å². The Morgan fingerprint density at radius 1 is 0.765 bits per heavy atom. The SMILES string of the molecule is COc1ccc(Cl)cc1NC(=O)C(=Cc1ccc(OC)c(OC)c1)NC(=O)c1ccc(Cl)cc1. The molecule has 0 atom stereocenters. The molecule has 0 unspecified atom stereocenters. The van der Waals surface area contributed by atoms with Crippen molar-refractivity contribution < 1.29 is 23.8 Å². The van der Waals surface area contributed by atoms with Gasteiger partial charge < -0.3 is 24.8 Å². The molecule has 9 heteroatoms. The van der Waals surface area contributed by atoms with Crippen molar-refractivity contribution in [1.82, 2.24) is 5.32 Å². The second kappa shape index (κ2) is 11.4. The van der Waals surface area contributed by atoms with E-state index >= 15 is 0 Å². The molecule has 0 radical (unpaired) electrons. The van der Waals surface area contributed by atoms with Crippen LogP contribution in [0.4, 0.5) is 5.69 Å². The van der Waals surface area contributed by atoms with E-state index in [0.717, 1.165) is 0 Å². The summed E-state index contributed by atoms with van der Waals surface area (Å²) in [6.45, 7) is 0. The number of hydrogen-bond donors (Lipinski definition) is 2. The first-order valence-corrected chi connectivity index (χ1v) is 10.8. The minimum atomic E-state index is -0.585. The summed E-state index contributed by atoms with van der Waals surface area (Å²) in [6.07, 6.45) is 1.52. The molecule has 0 aromatic heterocycles. The van der Waals surface area contributed by atoms with Gasteiger partial charge >= 0.3 is 0 Å². The quantitative estimate of drug-likeness (QED) is 0.402. The van der Waals surface area contributed by atoms with Crippen LogP contribution in [-0.2, 0) is 4.79 Å². The summed E-state index contributed by atoms with van der Waals surface area (Å²) < 4.78 is 15.9. The maximum atomic E-state index is 13.2. The van der Waals surface area contributed by atoms with Crippen molar-refractivity contribution in [2.75, 3.05) is 26.6 Å². The number of amides is 2. The molecular formula is C25H22Cl2N2O5. The Morgan fingerprint density at radius 2 is 1.38 bits per heavy atom. The Kier molecular flexibility index (Phi) is 8.40. The molecule has 0 bridgehead atoms. The van der Waals surface area contributed by atoms with Crippen LogP contribution in [0.2, 0.25) is 10.0 Å². The van der Waals surface area contributed by atoms with Crippen LogP contribution in [0, 0.1) is 0 Å². The van der Waals surface area contributed by atoms with Crippen molar-refractivity contribution in [3.8, 4) is 17.2 Å². The van der Waals surface area contributed by atoms with Crippen molar-refractivity contribution in [3.63, 3.8) is 0 Å². The van der Waals surface area contributed by atoms with Crippen molar-refractivity contribution in [2.45, 2.75) is 0 Å². The van der Waals surface area contributed by atoms with E-state index in [0.29, 0.717) is 44.1 Å². The minimum Gasteiger partial charge on any atom is -0.495 e. The molecule has 0 aliphatic rings. The zero-order valence-corrected chi connectivity index (χ0v) is 20.2. The fraction of sp³-hybridized carbons (Fsp3) is 0.120. The van der Waals surface area contributed by atoms with Crippen molar-refractivity contribution in [2.24, 2.45) is 0 Å². The number of halogens is 2. The number of ether oxygens (including phenoxy) is 3. The topological polar surface area (TPSA) is 85.9 Å². The summed E-state index contributed by atoms with van der Waals surface area (Å²) in [5.41, 5.74) is 1.25. The first-order chi connectivity index (χ1) is 16.3. The Labute approximate surface area is 207 Å². The normalized spacial score (nSPS) is 10.9. The van der Waals surface area contributed by atoms with Gasteiger partial charge in [-0.3, -0.25) is 9.59 Å². The van der Waals surface area contributed by atoms with Crippen LogP contribution in [0.3, 0.4) is 0 Å². The number of carbonyl (C=O) groups excluding carboxylic acids is 2. The van der Waals surface area contributed by atoms with Crippen LogP contribution in [-0.4, -0.2) is 33.1 Å². The van der Waals surface area contributed by atoms with Gasteiger partial charge in [-0.1, -0.05) is 29.3 Å². The van der Waals surface area contributed by atoms with Gasteiger partial charge in [0.25, 0.3) is 11.8 Å². The summed E-state index contributed by atoms with van der Waals surface area (Å²) in [7, 11) is 4.51. The van der Waals surface area contributed by atoms with Gasteiger partial charge in [-0.15, -0.1) is 0 Å². The van der Waals surface area contributed by atoms with Crippen molar-refractivity contribution in [3.05, 3.63) is 87.5 Å². The number of anilines is 1. The van der Waals surface area contributed by atoms with Gasteiger partial charge in [0, 0.05) is 15.6 Å². The molecule has 0 saturated carbocycles. The molecule has 0 heterocycles. The zero-order valence-electron chi connectivity index (χ0n) is 18.6. The summed E-state index contributed by atoms with van der Waals surface area (Å²) in [5.74, 6) is 0.331. The number of carbonyl (C=O) groups is 2. The number of nitrogens with one attached hydrogen (secondary N) is 2. The van der Waals surface area contributed by atoms with Gasteiger partial charge in [0.05, 0.1) is 27.0 Å². The molecular weight excluding hydrogens is 479 g/mol. The van der Waals surface area contributed by atoms with E-state index in [4.69, 9.17) is 37.4 Å². The second-order valence-electron chi connectivity index (χ2n) is 6.93. The standard InChI is InChI=1S/C25H22Cl2N2O5/c1-32-21-11-9-18(27)14-19(21)28-25(31)20(29-24(30)16-5-7-17(26)8-6-16)12-15-4-10-22(33-2)23(13-15)34-3/h4-14H,1-3H3,(H,28,31)(H,29,30). The average molecular weight is 501 g/mol. The van der Waals surface area contributed by atoms with Gasteiger partial charge in [0.2, 0.25) is 0 Å². The number of benzene rings is 3. The molecule has 3 aromatic carbocycles. The molecule has 3 aromatic rings. The molecule has 0 aliphatic heterocycles. The molecule has 0 spiro atoms. The van der Waals surface area contributed by atoms with Crippen molar-refractivity contribution >= 4 is 46.8 Å². The van der Waals surface area contributed by atoms with E-state index in [1.165, 1.54) is 27.4 Å². The Bertz CT molecular complexity index is 1230. The van der Waals surface area contributed by atoms with Crippen molar-refractivity contribution in [1.29, 1.82) is 0 Å². The summed E-state index contributed by atoms with van der Waals surface area (Å²) in [5, 5.41) is 6.29. The van der Waals surface area contributed by atoms with Crippen LogP contribution in [0.25, 0.3) is 6.08 Å². The third kappa shape index (κ3) is 6.21.